The minimum Gasteiger partial charge on any atom is -0.494 e. The first kappa shape index (κ1) is 12.1. The predicted octanol–water partition coefficient (Wildman–Crippen LogP) is 3.26. The van der Waals surface area contributed by atoms with Crippen LogP contribution in [0.2, 0.25) is 0 Å². The number of hydrogen-bond donors (Lipinski definition) is 0. The van der Waals surface area contributed by atoms with Crippen LogP contribution in [-0.2, 0) is 4.79 Å². The molecule has 3 heteroatoms. The van der Waals surface area contributed by atoms with Crippen molar-refractivity contribution < 1.29 is 9.53 Å². The topological polar surface area (TPSA) is 26.3 Å². The van der Waals surface area contributed by atoms with Crippen LogP contribution >= 0.6 is 11.6 Å². The minimum atomic E-state index is -0.579. The Morgan fingerprint density at radius 3 is 2.73 bits per heavy atom. The van der Waals surface area contributed by atoms with Crippen LogP contribution in [0.1, 0.15) is 30.4 Å². The molecule has 0 bridgehead atoms. The maximum Gasteiger partial charge on any atom is 0.152 e. The number of alkyl halides is 1. The van der Waals surface area contributed by atoms with Crippen molar-refractivity contribution >= 4 is 17.4 Å². The molecular formula is C12H15ClO2. The summed E-state index contributed by atoms with van der Waals surface area (Å²) in [5, 5.41) is -0.579. The van der Waals surface area contributed by atoms with Crippen molar-refractivity contribution in [3.8, 4) is 5.75 Å². The number of ketones is 1. The lowest BCUT2D eigenvalue weighted by Gasteiger charge is -2.11. The summed E-state index contributed by atoms with van der Waals surface area (Å²) >= 11 is 5.96. The monoisotopic (exact) mass is 226 g/mol. The molecule has 0 aliphatic heterocycles. The minimum absolute atomic E-state index is 0.0528. The molecule has 2 nitrogen and oxygen atoms in total. The molecular weight excluding hydrogens is 212 g/mol. The molecule has 1 aromatic carbocycles. The molecule has 0 fully saturated rings. The molecule has 0 aromatic heterocycles. The fourth-order valence-corrected chi connectivity index (χ4v) is 1.46. The van der Waals surface area contributed by atoms with Gasteiger partial charge in [-0.1, -0.05) is 12.1 Å². The summed E-state index contributed by atoms with van der Waals surface area (Å²) in [5.74, 6) is 0.741. The average molecular weight is 227 g/mol. The fraction of sp³-hybridized carbons (Fsp3) is 0.417. The van der Waals surface area contributed by atoms with Crippen LogP contribution in [0, 0.1) is 6.92 Å². The summed E-state index contributed by atoms with van der Waals surface area (Å²) in [6.45, 7) is 5.98. The van der Waals surface area contributed by atoms with Crippen molar-refractivity contribution in [1.29, 1.82) is 0 Å². The van der Waals surface area contributed by atoms with E-state index < -0.39 is 5.38 Å². The number of ether oxygens (including phenoxy) is 1. The Kier molecular flexibility index (Phi) is 4.15. The molecule has 0 saturated carbocycles. The van der Waals surface area contributed by atoms with E-state index >= 15 is 0 Å². The van der Waals surface area contributed by atoms with Crippen LogP contribution in [0.25, 0.3) is 0 Å². The van der Waals surface area contributed by atoms with Gasteiger partial charge in [0, 0.05) is 0 Å². The molecule has 0 amide bonds. The fourth-order valence-electron chi connectivity index (χ4n) is 1.32. The highest BCUT2D eigenvalue weighted by atomic mass is 35.5. The summed E-state index contributed by atoms with van der Waals surface area (Å²) in [6.07, 6.45) is 0. The number of hydrogen-bond acceptors (Lipinski definition) is 2. The van der Waals surface area contributed by atoms with Gasteiger partial charge >= 0.3 is 0 Å². The Labute approximate surface area is 95.2 Å². The summed E-state index contributed by atoms with van der Waals surface area (Å²) in [7, 11) is 0. The second-order valence-corrected chi connectivity index (χ2v) is 3.87. The first-order valence-corrected chi connectivity index (χ1v) is 5.37. The quantitative estimate of drug-likeness (QED) is 0.737. The van der Waals surface area contributed by atoms with E-state index in [0.717, 1.165) is 16.9 Å². The maximum absolute atomic E-state index is 11.1. The van der Waals surface area contributed by atoms with Gasteiger partial charge in [0.25, 0.3) is 0 Å². The molecule has 1 rings (SSSR count). The van der Waals surface area contributed by atoms with Crippen molar-refractivity contribution in [2.24, 2.45) is 0 Å². The van der Waals surface area contributed by atoms with Crippen LogP contribution < -0.4 is 4.74 Å². The highest BCUT2D eigenvalue weighted by Crippen LogP contribution is 2.27. The SMILES string of the molecule is CCOc1cc(C(Cl)C(C)=O)ccc1C. The molecule has 0 saturated heterocycles. The van der Waals surface area contributed by atoms with Crippen molar-refractivity contribution in [1.82, 2.24) is 0 Å². The molecule has 1 atom stereocenters. The van der Waals surface area contributed by atoms with E-state index in [4.69, 9.17) is 16.3 Å². The summed E-state index contributed by atoms with van der Waals surface area (Å²) < 4.78 is 5.44. The van der Waals surface area contributed by atoms with Crippen LogP contribution in [0.3, 0.4) is 0 Å². The van der Waals surface area contributed by atoms with Gasteiger partial charge in [-0.25, -0.2) is 0 Å². The lowest BCUT2D eigenvalue weighted by Crippen LogP contribution is -2.03. The molecule has 0 aliphatic carbocycles. The van der Waals surface area contributed by atoms with Gasteiger partial charge in [0.05, 0.1) is 6.61 Å². The van der Waals surface area contributed by atoms with Gasteiger partial charge in [-0.15, -0.1) is 11.6 Å². The standard InChI is InChI=1S/C12H15ClO2/c1-4-15-11-7-10(6-5-8(11)2)12(13)9(3)14/h5-7,12H,4H2,1-3H3. The van der Waals surface area contributed by atoms with Gasteiger partial charge in [-0.05, 0) is 38.0 Å². The zero-order valence-electron chi connectivity index (χ0n) is 9.21. The third kappa shape index (κ3) is 2.96. The summed E-state index contributed by atoms with van der Waals surface area (Å²) in [6, 6.07) is 5.60. The molecule has 0 N–H and O–H groups in total. The maximum atomic E-state index is 11.1. The lowest BCUT2D eigenvalue weighted by atomic mass is 10.1. The first-order chi connectivity index (χ1) is 7.06. The van der Waals surface area contributed by atoms with Crippen molar-refractivity contribution in [2.75, 3.05) is 6.61 Å². The van der Waals surface area contributed by atoms with E-state index in [9.17, 15) is 4.79 Å². The van der Waals surface area contributed by atoms with E-state index in [1.807, 2.05) is 32.0 Å². The molecule has 0 aliphatic rings. The van der Waals surface area contributed by atoms with E-state index in [1.54, 1.807) is 0 Å². The highest BCUT2D eigenvalue weighted by molar-refractivity contribution is 6.30. The van der Waals surface area contributed by atoms with E-state index in [2.05, 4.69) is 0 Å². The van der Waals surface area contributed by atoms with Crippen LogP contribution in [-0.4, -0.2) is 12.4 Å². The van der Waals surface area contributed by atoms with Crippen LogP contribution in [0.15, 0.2) is 18.2 Å². The first-order valence-electron chi connectivity index (χ1n) is 4.94. The Morgan fingerprint density at radius 1 is 1.53 bits per heavy atom. The number of carbonyl (C=O) groups is 1. The number of benzene rings is 1. The number of rotatable bonds is 4. The van der Waals surface area contributed by atoms with E-state index in [-0.39, 0.29) is 5.78 Å². The molecule has 0 heterocycles. The van der Waals surface area contributed by atoms with E-state index in [1.165, 1.54) is 6.92 Å². The number of carbonyl (C=O) groups excluding carboxylic acids is 1. The molecule has 1 unspecified atom stereocenters. The molecule has 82 valence electrons. The number of Topliss-reactive ketones (excluding diaryl/α,β-unsaturated/α-hetero) is 1. The smallest absolute Gasteiger partial charge is 0.152 e. The summed E-state index contributed by atoms with van der Waals surface area (Å²) in [4.78, 5) is 11.1. The van der Waals surface area contributed by atoms with Gasteiger partial charge in [-0.3, -0.25) is 4.79 Å². The Morgan fingerprint density at radius 2 is 2.20 bits per heavy atom. The Balaban J connectivity index is 3.01. The second-order valence-electron chi connectivity index (χ2n) is 3.43. The van der Waals surface area contributed by atoms with Gasteiger partial charge in [0.1, 0.15) is 11.1 Å². The van der Waals surface area contributed by atoms with Gasteiger partial charge in [0.15, 0.2) is 5.78 Å². The highest BCUT2D eigenvalue weighted by Gasteiger charge is 2.14. The van der Waals surface area contributed by atoms with Crippen molar-refractivity contribution in [3.63, 3.8) is 0 Å². The zero-order chi connectivity index (χ0) is 11.4. The predicted molar refractivity (Wildman–Crippen MR) is 61.6 cm³/mol. The van der Waals surface area contributed by atoms with Crippen LogP contribution in [0.4, 0.5) is 0 Å². The normalized spacial score (nSPS) is 12.3. The van der Waals surface area contributed by atoms with Crippen molar-refractivity contribution in [2.45, 2.75) is 26.1 Å². The van der Waals surface area contributed by atoms with Gasteiger partial charge < -0.3 is 4.74 Å². The number of aryl methyl sites for hydroxylation is 1. The third-order valence-corrected chi connectivity index (χ3v) is 2.72. The van der Waals surface area contributed by atoms with E-state index in [0.29, 0.717) is 6.61 Å². The molecule has 0 radical (unpaired) electrons. The lowest BCUT2D eigenvalue weighted by molar-refractivity contribution is -0.116. The molecule has 1 aromatic rings. The Hall–Kier alpha value is -1.02. The zero-order valence-corrected chi connectivity index (χ0v) is 9.97. The molecule has 0 spiro atoms. The Bertz CT molecular complexity index is 361. The van der Waals surface area contributed by atoms with Gasteiger partial charge in [-0.2, -0.15) is 0 Å². The largest absolute Gasteiger partial charge is 0.494 e. The summed E-state index contributed by atoms with van der Waals surface area (Å²) in [5.41, 5.74) is 1.84. The van der Waals surface area contributed by atoms with Gasteiger partial charge in [0.2, 0.25) is 0 Å². The second kappa shape index (κ2) is 5.17. The third-order valence-electron chi connectivity index (χ3n) is 2.16. The molecule has 15 heavy (non-hydrogen) atoms. The van der Waals surface area contributed by atoms with Crippen molar-refractivity contribution in [3.05, 3.63) is 29.3 Å². The average Bonchev–Trinajstić information content (AvgIpc) is 2.20. The number of halogens is 1. The van der Waals surface area contributed by atoms with Crippen LogP contribution in [0.5, 0.6) is 5.75 Å².